The van der Waals surface area contributed by atoms with Crippen LogP contribution in [0.4, 0.5) is 0 Å². The lowest BCUT2D eigenvalue weighted by atomic mass is 10.1. The topological polar surface area (TPSA) is 72.8 Å². The molecule has 0 fully saturated rings. The van der Waals surface area contributed by atoms with Crippen molar-refractivity contribution in [2.24, 2.45) is 0 Å². The molecule has 0 aliphatic rings. The summed E-state index contributed by atoms with van der Waals surface area (Å²) in [6, 6.07) is 0. The van der Waals surface area contributed by atoms with E-state index in [2.05, 4.69) is 135 Å². The molecule has 1 atom stereocenters. The maximum absolute atomic E-state index is 12.3. The summed E-state index contributed by atoms with van der Waals surface area (Å²) in [5.74, 6) is -0.629. The van der Waals surface area contributed by atoms with Gasteiger partial charge in [0.05, 0.1) is 6.61 Å². The molecule has 0 aromatic carbocycles. The summed E-state index contributed by atoms with van der Waals surface area (Å²) in [5, 5.41) is 9.62. The van der Waals surface area contributed by atoms with Gasteiger partial charge in [0.1, 0.15) is 6.61 Å². The van der Waals surface area contributed by atoms with Crippen LogP contribution in [0, 0.1) is 0 Å². The van der Waals surface area contributed by atoms with Crippen LogP contribution < -0.4 is 0 Å². The number of ether oxygens (including phenoxy) is 2. The predicted octanol–water partition coefficient (Wildman–Crippen LogP) is 16.0. The number of aliphatic hydroxyl groups excluding tert-OH is 1. The van der Waals surface area contributed by atoms with Crippen LogP contribution in [0.5, 0.6) is 0 Å². The third-order valence-corrected chi connectivity index (χ3v) is 9.75. The minimum Gasteiger partial charge on any atom is -0.462 e. The molecule has 338 valence electrons. The molecule has 60 heavy (non-hydrogen) atoms. The molecule has 0 rings (SSSR count). The van der Waals surface area contributed by atoms with Gasteiger partial charge in [-0.05, 0) is 103 Å². The first kappa shape index (κ1) is 56.3. The van der Waals surface area contributed by atoms with Crippen molar-refractivity contribution in [3.05, 3.63) is 122 Å². The summed E-state index contributed by atoms with van der Waals surface area (Å²) < 4.78 is 10.6. The number of carbonyl (C=O) groups is 2. The van der Waals surface area contributed by atoms with Crippen LogP contribution in [0.15, 0.2) is 122 Å². The Labute approximate surface area is 369 Å². The summed E-state index contributed by atoms with van der Waals surface area (Å²) in [6.07, 6.45) is 72.7. The van der Waals surface area contributed by atoms with E-state index in [4.69, 9.17) is 9.47 Å². The Morgan fingerprint density at radius 1 is 0.383 bits per heavy atom. The highest BCUT2D eigenvalue weighted by Gasteiger charge is 2.16. The van der Waals surface area contributed by atoms with E-state index in [1.807, 2.05) is 0 Å². The maximum Gasteiger partial charge on any atom is 0.306 e. The zero-order valence-electron chi connectivity index (χ0n) is 38.4. The van der Waals surface area contributed by atoms with E-state index in [1.165, 1.54) is 38.5 Å². The molecule has 5 nitrogen and oxygen atoms in total. The normalized spacial score (nSPS) is 13.3. The molecular formula is C55H88O5. The van der Waals surface area contributed by atoms with Crippen molar-refractivity contribution in [3.63, 3.8) is 0 Å². The summed E-state index contributed by atoms with van der Waals surface area (Å²) in [4.78, 5) is 24.4. The Kier molecular flexibility index (Phi) is 46.6. The second kappa shape index (κ2) is 49.7. The van der Waals surface area contributed by atoms with Crippen LogP contribution in [0.3, 0.4) is 0 Å². The van der Waals surface area contributed by atoms with Crippen LogP contribution >= 0.6 is 0 Å². The zero-order valence-corrected chi connectivity index (χ0v) is 38.4. The molecule has 1 unspecified atom stereocenters. The number of esters is 2. The standard InChI is InChI=1S/C55H88O5/c1-3-5-7-9-11-13-15-17-19-21-23-25-26-27-28-30-32-34-36-38-40-42-44-46-48-50-55(58)60-53(51-56)52-59-54(57)49-47-45-43-41-39-37-35-33-31-29-24-22-20-18-16-14-12-10-8-6-4-2/h5-8,11-14,17-20,23-25,27-29,33,35,53,56H,3-4,9-10,15-16,21-22,26,30-32,34,36-52H2,1-2H3/b7-5-,8-6-,13-11-,14-12-,19-17-,20-18-,25-23-,28-27-,29-24-,35-33-. The second-order valence-electron chi connectivity index (χ2n) is 15.4. The SMILES string of the molecule is CC/C=C\C/C=C\C/C=C\C/C=C\C/C=C\CCCCCCCCCCCC(=O)OC(CO)COC(=O)CCCCCCC/C=C\C/C=C\C/C=C\C/C=C\C/C=C\CC. The van der Waals surface area contributed by atoms with Gasteiger partial charge in [0.2, 0.25) is 0 Å². The fraction of sp³-hybridized carbons (Fsp3) is 0.600. The van der Waals surface area contributed by atoms with Crippen molar-refractivity contribution in [2.75, 3.05) is 13.2 Å². The fourth-order valence-corrected chi connectivity index (χ4v) is 6.19. The van der Waals surface area contributed by atoms with Gasteiger partial charge in [0.25, 0.3) is 0 Å². The van der Waals surface area contributed by atoms with Crippen LogP contribution in [0.25, 0.3) is 0 Å². The highest BCUT2D eigenvalue weighted by Crippen LogP contribution is 2.13. The molecule has 0 saturated heterocycles. The minimum atomic E-state index is -0.793. The van der Waals surface area contributed by atoms with Gasteiger partial charge < -0.3 is 14.6 Å². The molecule has 0 aliphatic heterocycles. The molecule has 0 aromatic heterocycles. The van der Waals surface area contributed by atoms with Crippen LogP contribution in [0.1, 0.15) is 194 Å². The van der Waals surface area contributed by atoms with E-state index in [0.29, 0.717) is 12.8 Å². The van der Waals surface area contributed by atoms with Gasteiger partial charge in [0.15, 0.2) is 6.10 Å². The highest BCUT2D eigenvalue weighted by atomic mass is 16.6. The van der Waals surface area contributed by atoms with Crippen molar-refractivity contribution in [3.8, 4) is 0 Å². The highest BCUT2D eigenvalue weighted by molar-refractivity contribution is 5.70. The first-order valence-corrected chi connectivity index (χ1v) is 24.1. The monoisotopic (exact) mass is 829 g/mol. The Balaban J connectivity index is 3.62. The molecule has 0 bridgehead atoms. The van der Waals surface area contributed by atoms with E-state index in [0.717, 1.165) is 128 Å². The summed E-state index contributed by atoms with van der Waals surface area (Å²) in [5.41, 5.74) is 0. The van der Waals surface area contributed by atoms with Gasteiger partial charge in [-0.25, -0.2) is 0 Å². The van der Waals surface area contributed by atoms with Gasteiger partial charge >= 0.3 is 11.9 Å². The van der Waals surface area contributed by atoms with E-state index in [9.17, 15) is 14.7 Å². The molecule has 0 heterocycles. The second-order valence-corrected chi connectivity index (χ2v) is 15.4. The molecule has 0 amide bonds. The molecule has 0 radical (unpaired) electrons. The zero-order chi connectivity index (χ0) is 43.5. The predicted molar refractivity (Wildman–Crippen MR) is 260 cm³/mol. The molecule has 5 heteroatoms. The van der Waals surface area contributed by atoms with Crippen molar-refractivity contribution in [2.45, 2.75) is 200 Å². The lowest BCUT2D eigenvalue weighted by molar-refractivity contribution is -0.161. The van der Waals surface area contributed by atoms with Crippen LogP contribution in [0.2, 0.25) is 0 Å². The van der Waals surface area contributed by atoms with Crippen LogP contribution in [-0.2, 0) is 19.1 Å². The number of hydrogen-bond donors (Lipinski definition) is 1. The van der Waals surface area contributed by atoms with Gasteiger partial charge in [-0.3, -0.25) is 9.59 Å². The van der Waals surface area contributed by atoms with Crippen molar-refractivity contribution < 1.29 is 24.2 Å². The van der Waals surface area contributed by atoms with E-state index >= 15 is 0 Å². The number of carbonyl (C=O) groups excluding carboxylic acids is 2. The van der Waals surface area contributed by atoms with Crippen LogP contribution in [-0.4, -0.2) is 36.4 Å². The Hall–Kier alpha value is -3.70. The third-order valence-electron chi connectivity index (χ3n) is 9.75. The first-order valence-electron chi connectivity index (χ1n) is 24.1. The van der Waals surface area contributed by atoms with Gasteiger partial charge in [0, 0.05) is 12.8 Å². The lowest BCUT2D eigenvalue weighted by Crippen LogP contribution is -2.28. The Morgan fingerprint density at radius 2 is 0.667 bits per heavy atom. The van der Waals surface area contributed by atoms with Crippen molar-refractivity contribution in [1.29, 1.82) is 0 Å². The molecule has 0 saturated carbocycles. The largest absolute Gasteiger partial charge is 0.462 e. The Morgan fingerprint density at radius 3 is 1.00 bits per heavy atom. The van der Waals surface area contributed by atoms with Crippen molar-refractivity contribution >= 4 is 11.9 Å². The third kappa shape index (κ3) is 47.0. The number of hydrogen-bond acceptors (Lipinski definition) is 5. The molecule has 1 N–H and O–H groups in total. The van der Waals surface area contributed by atoms with Gasteiger partial charge in [-0.15, -0.1) is 0 Å². The average molecular weight is 829 g/mol. The number of aliphatic hydroxyl groups is 1. The first-order chi connectivity index (χ1) is 29.6. The van der Waals surface area contributed by atoms with Gasteiger partial charge in [-0.2, -0.15) is 0 Å². The summed E-state index contributed by atoms with van der Waals surface area (Å²) in [6.45, 7) is 3.88. The maximum atomic E-state index is 12.3. The van der Waals surface area contributed by atoms with Gasteiger partial charge in [-0.1, -0.05) is 200 Å². The Bertz CT molecular complexity index is 1260. The van der Waals surface area contributed by atoms with E-state index in [1.54, 1.807) is 0 Å². The quantitative estimate of drug-likeness (QED) is 0.0377. The lowest BCUT2D eigenvalue weighted by Gasteiger charge is -2.15. The number of rotatable bonds is 42. The molecule has 0 aliphatic carbocycles. The number of unbranched alkanes of at least 4 members (excludes halogenated alkanes) is 14. The fourth-order valence-electron chi connectivity index (χ4n) is 6.19. The number of allylic oxidation sites excluding steroid dienone is 20. The average Bonchev–Trinajstić information content (AvgIpc) is 3.25. The molecule has 0 spiro atoms. The summed E-state index contributed by atoms with van der Waals surface area (Å²) >= 11 is 0. The molecular weight excluding hydrogens is 741 g/mol. The van der Waals surface area contributed by atoms with E-state index in [-0.39, 0.29) is 25.2 Å². The smallest absolute Gasteiger partial charge is 0.306 e. The minimum absolute atomic E-state index is 0.0867. The van der Waals surface area contributed by atoms with E-state index < -0.39 is 6.10 Å². The molecule has 0 aromatic rings. The summed E-state index contributed by atoms with van der Waals surface area (Å²) in [7, 11) is 0. The van der Waals surface area contributed by atoms with Crippen molar-refractivity contribution in [1.82, 2.24) is 0 Å².